The summed E-state index contributed by atoms with van der Waals surface area (Å²) < 4.78 is 30.3. The molecule has 0 aliphatic rings. The Morgan fingerprint density at radius 2 is 1.78 bits per heavy atom. The van der Waals surface area contributed by atoms with Crippen LogP contribution in [0.25, 0.3) is 0 Å². The first-order chi connectivity index (χ1) is 8.37. The number of carbonyl (C=O) groups excluding carboxylic acids is 1. The Morgan fingerprint density at radius 3 is 2.33 bits per heavy atom. The van der Waals surface area contributed by atoms with Crippen LogP contribution in [-0.2, 0) is 19.7 Å². The highest BCUT2D eigenvalue weighted by Crippen LogP contribution is 2.02. The molecule has 0 rings (SSSR count). The van der Waals surface area contributed by atoms with E-state index in [1.807, 2.05) is 0 Å². The fourth-order valence-corrected chi connectivity index (χ4v) is 1.94. The number of amides is 1. The summed E-state index contributed by atoms with van der Waals surface area (Å²) in [4.78, 5) is 20.9. The summed E-state index contributed by atoms with van der Waals surface area (Å²) in [7, 11) is -2.80. The average molecular weight is 282 g/mol. The van der Waals surface area contributed by atoms with Gasteiger partial charge < -0.3 is 9.84 Å². The lowest BCUT2D eigenvalue weighted by atomic mass is 10.1. The second-order valence-corrected chi connectivity index (χ2v) is 5.05. The van der Waals surface area contributed by atoms with Crippen LogP contribution < -0.4 is 9.44 Å². The normalized spacial score (nSPS) is 10.9. The van der Waals surface area contributed by atoms with Gasteiger partial charge in [0, 0.05) is 13.0 Å². The molecule has 3 N–H and O–H groups in total. The van der Waals surface area contributed by atoms with Crippen LogP contribution in [0.2, 0.25) is 0 Å². The molecule has 1 amide bonds. The molecule has 8 nitrogen and oxygen atoms in total. The molecule has 0 aliphatic heterocycles. The molecule has 0 heterocycles. The third-order valence-electron chi connectivity index (χ3n) is 2.01. The van der Waals surface area contributed by atoms with Crippen LogP contribution in [0, 0.1) is 0 Å². The molecular weight excluding hydrogens is 264 g/mol. The molecule has 0 aromatic rings. The number of hydrogen-bond donors (Lipinski definition) is 3. The van der Waals surface area contributed by atoms with E-state index in [0.29, 0.717) is 19.3 Å². The van der Waals surface area contributed by atoms with Crippen molar-refractivity contribution in [2.24, 2.45) is 0 Å². The molecule has 0 aromatic carbocycles. The largest absolute Gasteiger partial charge is 0.481 e. The van der Waals surface area contributed by atoms with Crippen molar-refractivity contribution >= 4 is 22.3 Å². The maximum atomic E-state index is 11.2. The maximum Gasteiger partial charge on any atom is 0.421 e. The number of carbonyl (C=O) groups is 2. The van der Waals surface area contributed by atoms with E-state index in [1.54, 1.807) is 4.72 Å². The van der Waals surface area contributed by atoms with E-state index < -0.39 is 22.3 Å². The minimum Gasteiger partial charge on any atom is -0.481 e. The van der Waals surface area contributed by atoms with Crippen molar-refractivity contribution in [3.8, 4) is 0 Å². The summed E-state index contributed by atoms with van der Waals surface area (Å²) in [5, 5.41) is 8.39. The van der Waals surface area contributed by atoms with Crippen LogP contribution in [-0.4, -0.2) is 39.2 Å². The van der Waals surface area contributed by atoms with Crippen LogP contribution in [0.15, 0.2) is 0 Å². The molecule has 0 unspecified atom stereocenters. The summed E-state index contributed by atoms with van der Waals surface area (Å²) in [6.45, 7) is 0.180. The number of rotatable bonds is 9. The lowest BCUT2D eigenvalue weighted by Crippen LogP contribution is -2.40. The fraction of sp³-hybridized carbons (Fsp3) is 0.778. The summed E-state index contributed by atoms with van der Waals surface area (Å²) in [5.41, 5.74) is 0. The van der Waals surface area contributed by atoms with Crippen molar-refractivity contribution < 1.29 is 27.9 Å². The van der Waals surface area contributed by atoms with Gasteiger partial charge in [-0.1, -0.05) is 12.8 Å². The van der Waals surface area contributed by atoms with Crippen molar-refractivity contribution in [3.63, 3.8) is 0 Å². The van der Waals surface area contributed by atoms with Gasteiger partial charge in [-0.2, -0.15) is 13.1 Å². The molecule has 0 spiro atoms. The number of hydrogen-bond acceptors (Lipinski definition) is 5. The van der Waals surface area contributed by atoms with Gasteiger partial charge in [0.05, 0.1) is 7.11 Å². The predicted molar refractivity (Wildman–Crippen MR) is 63.2 cm³/mol. The lowest BCUT2D eigenvalue weighted by molar-refractivity contribution is -0.137. The predicted octanol–water partition coefficient (Wildman–Crippen LogP) is 0.212. The zero-order chi connectivity index (χ0) is 14.0. The summed E-state index contributed by atoms with van der Waals surface area (Å²) in [6.07, 6.45) is 1.65. The molecule has 9 heteroatoms. The van der Waals surface area contributed by atoms with Crippen molar-refractivity contribution in [3.05, 3.63) is 0 Å². The van der Waals surface area contributed by atoms with E-state index in [0.717, 1.165) is 13.5 Å². The number of unbranched alkanes of at least 4 members (excludes halogenated alkanes) is 3. The Kier molecular flexibility index (Phi) is 8.05. The Morgan fingerprint density at radius 1 is 1.17 bits per heavy atom. The monoisotopic (exact) mass is 282 g/mol. The van der Waals surface area contributed by atoms with Crippen LogP contribution in [0.4, 0.5) is 4.79 Å². The van der Waals surface area contributed by atoms with Crippen LogP contribution >= 0.6 is 0 Å². The highest BCUT2D eigenvalue weighted by molar-refractivity contribution is 7.88. The molecule has 0 saturated heterocycles. The standard InChI is InChI=1S/C9H18N2O6S/c1-17-9(14)11-18(15,16)10-7-5-3-2-4-6-8(12)13/h10H,2-7H2,1H3,(H,11,14)(H,12,13). The zero-order valence-electron chi connectivity index (χ0n) is 10.1. The smallest absolute Gasteiger partial charge is 0.421 e. The number of ether oxygens (including phenoxy) is 1. The second-order valence-electron chi connectivity index (χ2n) is 3.55. The molecule has 0 fully saturated rings. The molecule has 0 aliphatic carbocycles. The SMILES string of the molecule is COC(=O)NS(=O)(=O)NCCCCCCC(=O)O. The van der Waals surface area contributed by atoms with Crippen LogP contribution in [0.5, 0.6) is 0 Å². The first kappa shape index (κ1) is 16.6. The minimum absolute atomic E-state index is 0.121. The van der Waals surface area contributed by atoms with E-state index in [9.17, 15) is 18.0 Å². The number of nitrogens with one attached hydrogen (secondary N) is 2. The number of methoxy groups -OCH3 is 1. The van der Waals surface area contributed by atoms with E-state index in [-0.39, 0.29) is 13.0 Å². The second kappa shape index (κ2) is 8.70. The molecule has 18 heavy (non-hydrogen) atoms. The summed E-state index contributed by atoms with van der Waals surface area (Å²) in [5.74, 6) is -0.835. The zero-order valence-corrected chi connectivity index (χ0v) is 11.0. The van der Waals surface area contributed by atoms with E-state index in [1.165, 1.54) is 0 Å². The first-order valence-electron chi connectivity index (χ1n) is 5.44. The molecular formula is C9H18N2O6S. The van der Waals surface area contributed by atoms with Crippen molar-refractivity contribution in [1.82, 2.24) is 9.44 Å². The average Bonchev–Trinajstić information content (AvgIpc) is 2.26. The van der Waals surface area contributed by atoms with Crippen molar-refractivity contribution in [1.29, 1.82) is 0 Å². The third-order valence-corrected chi connectivity index (χ3v) is 3.03. The maximum absolute atomic E-state index is 11.2. The van der Waals surface area contributed by atoms with Crippen LogP contribution in [0.1, 0.15) is 32.1 Å². The Bertz CT molecular complexity index is 367. The molecule has 106 valence electrons. The highest BCUT2D eigenvalue weighted by atomic mass is 32.2. The van der Waals surface area contributed by atoms with Gasteiger partial charge in [-0.15, -0.1) is 0 Å². The van der Waals surface area contributed by atoms with Gasteiger partial charge in [-0.3, -0.25) is 4.79 Å². The quantitative estimate of drug-likeness (QED) is 0.520. The Labute approximate surface area is 106 Å². The molecule has 0 radical (unpaired) electrons. The van der Waals surface area contributed by atoms with E-state index in [2.05, 4.69) is 9.46 Å². The highest BCUT2D eigenvalue weighted by Gasteiger charge is 2.12. The van der Waals surface area contributed by atoms with Gasteiger partial charge >= 0.3 is 22.3 Å². The third kappa shape index (κ3) is 9.85. The summed E-state index contributed by atoms with van der Waals surface area (Å²) in [6, 6.07) is 0. The number of aliphatic carboxylic acids is 1. The lowest BCUT2D eigenvalue weighted by Gasteiger charge is -2.06. The molecule has 0 bridgehead atoms. The van der Waals surface area contributed by atoms with Crippen LogP contribution in [0.3, 0.4) is 0 Å². The van der Waals surface area contributed by atoms with Gasteiger partial charge in [-0.05, 0) is 12.8 Å². The Hall–Kier alpha value is -1.35. The fourth-order valence-electron chi connectivity index (χ4n) is 1.15. The molecule has 0 saturated carbocycles. The van der Waals surface area contributed by atoms with Crippen molar-refractivity contribution in [2.45, 2.75) is 32.1 Å². The minimum atomic E-state index is -3.87. The number of carboxylic acid groups (broad SMARTS) is 1. The Balaban J connectivity index is 3.59. The topological polar surface area (TPSA) is 122 Å². The summed E-state index contributed by atoms with van der Waals surface area (Å²) >= 11 is 0. The van der Waals surface area contributed by atoms with Gasteiger partial charge in [0.2, 0.25) is 0 Å². The van der Waals surface area contributed by atoms with E-state index in [4.69, 9.17) is 5.11 Å². The van der Waals surface area contributed by atoms with E-state index >= 15 is 0 Å². The molecule has 0 atom stereocenters. The first-order valence-corrected chi connectivity index (χ1v) is 6.93. The van der Waals surface area contributed by atoms with Crippen molar-refractivity contribution in [2.75, 3.05) is 13.7 Å². The van der Waals surface area contributed by atoms with Gasteiger partial charge in [0.15, 0.2) is 0 Å². The van der Waals surface area contributed by atoms with Gasteiger partial charge in [0.25, 0.3) is 0 Å². The van der Waals surface area contributed by atoms with Gasteiger partial charge in [-0.25, -0.2) is 9.52 Å². The number of carboxylic acids is 1. The molecule has 0 aromatic heterocycles. The van der Waals surface area contributed by atoms with Gasteiger partial charge in [0.1, 0.15) is 0 Å².